The minimum atomic E-state index is -3.62. The van der Waals surface area contributed by atoms with Gasteiger partial charge >= 0.3 is 5.97 Å². The quantitative estimate of drug-likeness (QED) is 0.662. The molecule has 2 aliphatic rings. The second-order valence-corrected chi connectivity index (χ2v) is 9.48. The van der Waals surface area contributed by atoms with E-state index in [2.05, 4.69) is 4.72 Å². The van der Waals surface area contributed by atoms with Crippen LogP contribution in [0.5, 0.6) is 5.75 Å². The van der Waals surface area contributed by atoms with Crippen molar-refractivity contribution in [2.24, 2.45) is 5.92 Å². The fourth-order valence-electron chi connectivity index (χ4n) is 3.69. The predicted molar refractivity (Wildman–Crippen MR) is 102 cm³/mol. The van der Waals surface area contributed by atoms with E-state index in [0.717, 1.165) is 24.9 Å². The van der Waals surface area contributed by atoms with Crippen molar-refractivity contribution in [3.8, 4) is 5.75 Å². The molecule has 8 heteroatoms. The number of carboxylic acids is 1. The molecule has 0 spiro atoms. The SMILES string of the molecule is COc1cc(C)c(S(=O)(=O)NC2CC(N(CC(=O)O)CC3CC3)C2)cc1C. The van der Waals surface area contributed by atoms with Gasteiger partial charge in [0.05, 0.1) is 18.6 Å². The second kappa shape index (κ2) is 7.77. The number of carbonyl (C=O) groups is 1. The number of nitrogens with zero attached hydrogens (tertiary/aromatic N) is 1. The van der Waals surface area contributed by atoms with Gasteiger partial charge in [0.1, 0.15) is 5.75 Å². The third kappa shape index (κ3) is 4.80. The molecule has 150 valence electrons. The third-order valence-corrected chi connectivity index (χ3v) is 7.12. The standard InChI is InChI=1S/C19H28N2O5S/c1-12-7-18(13(2)6-17(12)26-3)27(24,25)20-15-8-16(9-15)21(11-19(22)23)10-14-4-5-14/h6-7,14-16,20H,4-5,8-11H2,1-3H3,(H,22,23). The van der Waals surface area contributed by atoms with Crippen LogP contribution < -0.4 is 9.46 Å². The van der Waals surface area contributed by atoms with E-state index in [9.17, 15) is 13.2 Å². The summed E-state index contributed by atoms with van der Waals surface area (Å²) in [6, 6.07) is 3.35. The molecule has 0 aromatic heterocycles. The number of aryl methyl sites for hydroxylation is 2. The molecule has 2 fully saturated rings. The number of aliphatic carboxylic acids is 1. The number of hydrogen-bond acceptors (Lipinski definition) is 5. The van der Waals surface area contributed by atoms with Crippen LogP contribution >= 0.6 is 0 Å². The van der Waals surface area contributed by atoms with Crippen molar-refractivity contribution in [3.05, 3.63) is 23.3 Å². The first kappa shape index (κ1) is 20.1. The zero-order valence-corrected chi connectivity index (χ0v) is 16.9. The Morgan fingerprint density at radius 1 is 1.26 bits per heavy atom. The van der Waals surface area contributed by atoms with Gasteiger partial charge in [0.15, 0.2) is 0 Å². The van der Waals surface area contributed by atoms with Crippen LogP contribution in [-0.4, -0.2) is 56.7 Å². The molecule has 0 atom stereocenters. The van der Waals surface area contributed by atoms with Gasteiger partial charge in [-0.3, -0.25) is 9.69 Å². The van der Waals surface area contributed by atoms with E-state index < -0.39 is 16.0 Å². The summed E-state index contributed by atoms with van der Waals surface area (Å²) in [5.74, 6) is 0.438. The molecule has 2 aliphatic carbocycles. The Kier molecular flexibility index (Phi) is 5.79. The molecule has 0 unspecified atom stereocenters. The normalized spacial score (nSPS) is 22.5. The van der Waals surface area contributed by atoms with Crippen molar-refractivity contribution < 1.29 is 23.1 Å². The lowest BCUT2D eigenvalue weighted by atomic mass is 9.86. The summed E-state index contributed by atoms with van der Waals surface area (Å²) in [5.41, 5.74) is 1.41. The highest BCUT2D eigenvalue weighted by Crippen LogP contribution is 2.34. The number of rotatable bonds is 9. The smallest absolute Gasteiger partial charge is 0.317 e. The van der Waals surface area contributed by atoms with Crippen LogP contribution in [0.25, 0.3) is 0 Å². The van der Waals surface area contributed by atoms with Crippen molar-refractivity contribution in [3.63, 3.8) is 0 Å². The minimum absolute atomic E-state index is 0.0252. The Morgan fingerprint density at radius 3 is 2.48 bits per heavy atom. The zero-order chi connectivity index (χ0) is 19.8. The number of carboxylic acid groups (broad SMARTS) is 1. The fourth-order valence-corrected chi connectivity index (χ4v) is 5.26. The highest BCUT2D eigenvalue weighted by molar-refractivity contribution is 7.89. The maximum atomic E-state index is 12.8. The van der Waals surface area contributed by atoms with Crippen LogP contribution in [-0.2, 0) is 14.8 Å². The first-order chi connectivity index (χ1) is 12.7. The lowest BCUT2D eigenvalue weighted by molar-refractivity contribution is -0.139. The summed E-state index contributed by atoms with van der Waals surface area (Å²) in [6.45, 7) is 4.40. The van der Waals surface area contributed by atoms with Crippen molar-refractivity contribution >= 4 is 16.0 Å². The summed E-state index contributed by atoms with van der Waals surface area (Å²) < 4.78 is 33.6. The maximum Gasteiger partial charge on any atom is 0.317 e. The van der Waals surface area contributed by atoms with E-state index in [1.807, 2.05) is 11.8 Å². The lowest BCUT2D eigenvalue weighted by Gasteiger charge is -2.42. The third-order valence-electron chi connectivity index (χ3n) is 5.46. The molecule has 2 N–H and O–H groups in total. The molecule has 0 radical (unpaired) electrons. The Balaban J connectivity index is 1.63. The Labute approximate surface area is 160 Å². The molecule has 7 nitrogen and oxygen atoms in total. The molecule has 0 saturated heterocycles. The van der Waals surface area contributed by atoms with Crippen LogP contribution in [0.1, 0.15) is 36.8 Å². The number of sulfonamides is 1. The van der Waals surface area contributed by atoms with Crippen molar-refractivity contribution in [1.29, 1.82) is 0 Å². The van der Waals surface area contributed by atoms with Crippen LogP contribution in [0, 0.1) is 19.8 Å². The zero-order valence-electron chi connectivity index (χ0n) is 16.1. The Bertz CT molecular complexity index is 814. The van der Waals surface area contributed by atoms with Gasteiger partial charge in [-0.15, -0.1) is 0 Å². The van der Waals surface area contributed by atoms with Gasteiger partial charge in [-0.05, 0) is 68.7 Å². The summed E-state index contributed by atoms with van der Waals surface area (Å²) in [5, 5.41) is 9.12. The van der Waals surface area contributed by atoms with Crippen LogP contribution in [0.15, 0.2) is 17.0 Å². The summed E-state index contributed by atoms with van der Waals surface area (Å²) in [6.07, 6.45) is 3.62. The van der Waals surface area contributed by atoms with E-state index in [1.54, 1.807) is 26.2 Å². The summed E-state index contributed by atoms with van der Waals surface area (Å²) in [4.78, 5) is 13.4. The molecule has 2 saturated carbocycles. The minimum Gasteiger partial charge on any atom is -0.496 e. The van der Waals surface area contributed by atoms with Crippen LogP contribution in [0.3, 0.4) is 0 Å². The van der Waals surface area contributed by atoms with Gasteiger partial charge in [-0.1, -0.05) is 0 Å². The van der Waals surface area contributed by atoms with E-state index in [0.29, 0.717) is 30.1 Å². The molecule has 0 heterocycles. The molecular formula is C19H28N2O5S. The van der Waals surface area contributed by atoms with Crippen molar-refractivity contribution in [1.82, 2.24) is 9.62 Å². The number of benzene rings is 1. The Hall–Kier alpha value is -1.64. The van der Waals surface area contributed by atoms with Gasteiger partial charge in [0, 0.05) is 18.6 Å². The molecular weight excluding hydrogens is 368 g/mol. The molecule has 0 bridgehead atoms. The molecule has 3 rings (SSSR count). The first-order valence-corrected chi connectivity index (χ1v) is 10.8. The molecule has 0 amide bonds. The highest BCUT2D eigenvalue weighted by Gasteiger charge is 2.39. The molecule has 0 aliphatic heterocycles. The van der Waals surface area contributed by atoms with E-state index >= 15 is 0 Å². The second-order valence-electron chi connectivity index (χ2n) is 7.80. The van der Waals surface area contributed by atoms with Gasteiger partial charge in [-0.2, -0.15) is 0 Å². The molecule has 1 aromatic rings. The fraction of sp³-hybridized carbons (Fsp3) is 0.632. The number of methoxy groups -OCH3 is 1. The van der Waals surface area contributed by atoms with Crippen LogP contribution in [0.2, 0.25) is 0 Å². The number of hydrogen-bond donors (Lipinski definition) is 2. The van der Waals surface area contributed by atoms with Gasteiger partial charge in [0.25, 0.3) is 0 Å². The van der Waals surface area contributed by atoms with E-state index in [1.165, 1.54) is 0 Å². The first-order valence-electron chi connectivity index (χ1n) is 9.33. The van der Waals surface area contributed by atoms with Crippen LogP contribution in [0.4, 0.5) is 0 Å². The highest BCUT2D eigenvalue weighted by atomic mass is 32.2. The summed E-state index contributed by atoms with van der Waals surface area (Å²) >= 11 is 0. The monoisotopic (exact) mass is 396 g/mol. The average Bonchev–Trinajstić information content (AvgIpc) is 3.35. The largest absolute Gasteiger partial charge is 0.496 e. The predicted octanol–water partition coefficient (Wildman–Crippen LogP) is 1.92. The Morgan fingerprint density at radius 2 is 1.93 bits per heavy atom. The van der Waals surface area contributed by atoms with Gasteiger partial charge in [0.2, 0.25) is 10.0 Å². The van der Waals surface area contributed by atoms with E-state index in [4.69, 9.17) is 9.84 Å². The van der Waals surface area contributed by atoms with Crippen molar-refractivity contribution in [2.45, 2.75) is 56.5 Å². The number of ether oxygens (including phenoxy) is 1. The van der Waals surface area contributed by atoms with E-state index in [-0.39, 0.29) is 23.5 Å². The average molecular weight is 397 g/mol. The van der Waals surface area contributed by atoms with Gasteiger partial charge < -0.3 is 9.84 Å². The number of nitrogens with one attached hydrogen (secondary N) is 1. The molecule has 27 heavy (non-hydrogen) atoms. The molecule has 1 aromatic carbocycles. The van der Waals surface area contributed by atoms with Crippen molar-refractivity contribution in [2.75, 3.05) is 20.2 Å². The maximum absolute atomic E-state index is 12.8. The topological polar surface area (TPSA) is 95.9 Å². The summed E-state index contributed by atoms with van der Waals surface area (Å²) in [7, 11) is -2.06. The lowest BCUT2D eigenvalue weighted by Crippen LogP contribution is -2.55. The van der Waals surface area contributed by atoms with Gasteiger partial charge in [-0.25, -0.2) is 13.1 Å².